The number of carboxylic acids is 1. The highest BCUT2D eigenvalue weighted by molar-refractivity contribution is 5.75. The number of carboxylic acid groups (broad SMARTS) is 1. The van der Waals surface area contributed by atoms with Gasteiger partial charge in [0, 0.05) is 6.04 Å². The number of halogens is 3. The first-order valence-corrected chi connectivity index (χ1v) is 7.75. The van der Waals surface area contributed by atoms with Crippen LogP contribution in [0.3, 0.4) is 0 Å². The van der Waals surface area contributed by atoms with Crippen molar-refractivity contribution < 1.29 is 27.9 Å². The molecule has 8 heteroatoms. The van der Waals surface area contributed by atoms with Gasteiger partial charge in [-0.15, -0.1) is 0 Å². The van der Waals surface area contributed by atoms with Crippen molar-refractivity contribution in [2.24, 2.45) is 11.3 Å². The van der Waals surface area contributed by atoms with E-state index < -0.39 is 35.6 Å². The molecule has 0 aromatic rings. The Balaban J connectivity index is 2.52. The molecule has 1 unspecified atom stereocenters. The predicted molar refractivity (Wildman–Crippen MR) is 79.0 cm³/mol. The second kappa shape index (κ2) is 7.40. The quantitative estimate of drug-likeness (QED) is 0.736. The molecule has 0 heterocycles. The van der Waals surface area contributed by atoms with Crippen LogP contribution in [0, 0.1) is 11.3 Å². The van der Waals surface area contributed by atoms with Crippen LogP contribution < -0.4 is 10.6 Å². The van der Waals surface area contributed by atoms with E-state index in [1.165, 1.54) is 0 Å². The molecular formula is C15H25F3N2O3. The Kier molecular flexibility index (Phi) is 6.30. The van der Waals surface area contributed by atoms with Gasteiger partial charge in [0.2, 0.25) is 0 Å². The lowest BCUT2D eigenvalue weighted by molar-refractivity contribution is -0.159. The molecule has 1 aliphatic carbocycles. The number of alkyl halides is 3. The van der Waals surface area contributed by atoms with Gasteiger partial charge in [-0.3, -0.25) is 4.79 Å². The lowest BCUT2D eigenvalue weighted by Crippen LogP contribution is -2.53. The van der Waals surface area contributed by atoms with Crippen LogP contribution in [0.25, 0.3) is 0 Å². The molecule has 1 aliphatic rings. The predicted octanol–water partition coefficient (Wildman–Crippen LogP) is 3.30. The molecule has 3 N–H and O–H groups in total. The van der Waals surface area contributed by atoms with Crippen LogP contribution >= 0.6 is 0 Å². The number of carbonyl (C=O) groups excluding carboxylic acids is 1. The number of amides is 2. The second-order valence-electron chi connectivity index (χ2n) is 7.36. The van der Waals surface area contributed by atoms with Crippen LogP contribution in [0.5, 0.6) is 0 Å². The fraction of sp³-hybridized carbons (Fsp3) is 0.867. The normalized spacial score (nSPS) is 23.9. The van der Waals surface area contributed by atoms with Crippen molar-refractivity contribution in [2.45, 2.75) is 71.1 Å². The summed E-state index contributed by atoms with van der Waals surface area (Å²) in [6, 6.07) is -3.04. The van der Waals surface area contributed by atoms with Crippen LogP contribution in [0.15, 0.2) is 0 Å². The molecular weight excluding hydrogens is 313 g/mol. The molecule has 1 atom stereocenters. The maximum atomic E-state index is 13.0. The molecule has 1 rings (SSSR count). The van der Waals surface area contributed by atoms with Crippen molar-refractivity contribution in [1.29, 1.82) is 0 Å². The minimum absolute atomic E-state index is 0.213. The molecule has 134 valence electrons. The third kappa shape index (κ3) is 7.09. The van der Waals surface area contributed by atoms with Gasteiger partial charge in [-0.05, 0) is 37.5 Å². The Morgan fingerprint density at radius 1 is 1.13 bits per heavy atom. The second-order valence-corrected chi connectivity index (χ2v) is 7.36. The first kappa shape index (κ1) is 19.6. The van der Waals surface area contributed by atoms with Gasteiger partial charge in [-0.2, -0.15) is 13.2 Å². The monoisotopic (exact) mass is 338 g/mol. The Morgan fingerprint density at radius 2 is 1.65 bits per heavy atom. The Labute approximate surface area is 134 Å². The summed E-state index contributed by atoms with van der Waals surface area (Å²) in [4.78, 5) is 22.7. The van der Waals surface area contributed by atoms with E-state index >= 15 is 0 Å². The van der Waals surface area contributed by atoms with E-state index in [0.29, 0.717) is 25.7 Å². The Morgan fingerprint density at radius 3 is 2.04 bits per heavy atom. The summed E-state index contributed by atoms with van der Waals surface area (Å²) in [5, 5.41) is 13.4. The summed E-state index contributed by atoms with van der Waals surface area (Å²) in [7, 11) is 0. The fourth-order valence-electron chi connectivity index (χ4n) is 2.73. The van der Waals surface area contributed by atoms with Crippen molar-refractivity contribution in [3.63, 3.8) is 0 Å². The van der Waals surface area contributed by atoms with Gasteiger partial charge in [0.25, 0.3) is 0 Å². The number of rotatable bonds is 4. The van der Waals surface area contributed by atoms with Gasteiger partial charge in [-0.25, -0.2) is 4.79 Å². The average molecular weight is 338 g/mol. The maximum Gasteiger partial charge on any atom is 0.408 e. The molecule has 2 amide bonds. The van der Waals surface area contributed by atoms with E-state index in [1.54, 1.807) is 20.8 Å². The SMILES string of the molecule is CC(C)(C)CC(NC(=O)NC1CCC(C(=O)O)CC1)C(F)(F)F. The molecule has 0 bridgehead atoms. The van der Waals surface area contributed by atoms with Crippen LogP contribution in [0.4, 0.5) is 18.0 Å². The zero-order valence-corrected chi connectivity index (χ0v) is 13.7. The van der Waals surface area contributed by atoms with Crippen molar-refractivity contribution >= 4 is 12.0 Å². The van der Waals surface area contributed by atoms with E-state index in [1.807, 2.05) is 5.32 Å². The lowest BCUT2D eigenvalue weighted by Gasteiger charge is -2.30. The topological polar surface area (TPSA) is 78.4 Å². The molecule has 23 heavy (non-hydrogen) atoms. The molecule has 0 saturated heterocycles. The third-order valence-corrected chi connectivity index (χ3v) is 3.93. The third-order valence-electron chi connectivity index (χ3n) is 3.93. The molecule has 0 spiro atoms. The highest BCUT2D eigenvalue weighted by Gasteiger charge is 2.42. The largest absolute Gasteiger partial charge is 0.481 e. The number of hydrogen-bond acceptors (Lipinski definition) is 2. The fourth-order valence-corrected chi connectivity index (χ4v) is 2.73. The van der Waals surface area contributed by atoms with Crippen LogP contribution in [-0.4, -0.2) is 35.4 Å². The Hall–Kier alpha value is -1.47. The minimum Gasteiger partial charge on any atom is -0.481 e. The average Bonchev–Trinajstić information content (AvgIpc) is 2.35. The molecule has 0 radical (unpaired) electrons. The summed E-state index contributed by atoms with van der Waals surface area (Å²) in [5.74, 6) is -1.30. The van der Waals surface area contributed by atoms with Crippen LogP contribution in [0.2, 0.25) is 0 Å². The molecule has 1 saturated carbocycles. The van der Waals surface area contributed by atoms with Crippen molar-refractivity contribution in [1.82, 2.24) is 10.6 Å². The summed E-state index contributed by atoms with van der Waals surface area (Å²) in [5.41, 5.74) is -0.576. The first-order chi connectivity index (χ1) is 10.4. The summed E-state index contributed by atoms with van der Waals surface area (Å²) in [6.07, 6.45) is -2.96. The molecule has 0 aliphatic heterocycles. The maximum absolute atomic E-state index is 13.0. The van der Waals surface area contributed by atoms with Crippen molar-refractivity contribution in [3.05, 3.63) is 0 Å². The number of urea groups is 1. The molecule has 1 fully saturated rings. The molecule has 0 aromatic carbocycles. The minimum atomic E-state index is -4.51. The molecule has 5 nitrogen and oxygen atoms in total. The van der Waals surface area contributed by atoms with E-state index in [2.05, 4.69) is 5.32 Å². The van der Waals surface area contributed by atoms with Gasteiger partial charge >= 0.3 is 18.2 Å². The smallest absolute Gasteiger partial charge is 0.408 e. The van der Waals surface area contributed by atoms with Crippen LogP contribution in [-0.2, 0) is 4.79 Å². The van der Waals surface area contributed by atoms with E-state index in [0.717, 1.165) is 0 Å². The van der Waals surface area contributed by atoms with E-state index in [9.17, 15) is 22.8 Å². The van der Waals surface area contributed by atoms with Gasteiger partial charge in [-0.1, -0.05) is 20.8 Å². The van der Waals surface area contributed by atoms with Crippen molar-refractivity contribution in [2.75, 3.05) is 0 Å². The van der Waals surface area contributed by atoms with Gasteiger partial charge in [0.05, 0.1) is 5.92 Å². The Bertz CT molecular complexity index is 425. The zero-order chi connectivity index (χ0) is 17.8. The molecule has 0 aromatic heterocycles. The van der Waals surface area contributed by atoms with Gasteiger partial charge in [0.15, 0.2) is 0 Å². The summed E-state index contributed by atoms with van der Waals surface area (Å²) < 4.78 is 39.1. The van der Waals surface area contributed by atoms with Gasteiger partial charge in [0.1, 0.15) is 6.04 Å². The zero-order valence-electron chi connectivity index (χ0n) is 13.7. The number of aliphatic carboxylic acids is 1. The first-order valence-electron chi connectivity index (χ1n) is 7.75. The summed E-state index contributed by atoms with van der Waals surface area (Å²) in [6.45, 7) is 5.04. The highest BCUT2D eigenvalue weighted by atomic mass is 19.4. The number of nitrogens with one attached hydrogen (secondary N) is 2. The van der Waals surface area contributed by atoms with Gasteiger partial charge < -0.3 is 15.7 Å². The van der Waals surface area contributed by atoms with E-state index in [4.69, 9.17) is 5.11 Å². The highest BCUT2D eigenvalue weighted by Crippen LogP contribution is 2.30. The van der Waals surface area contributed by atoms with Crippen LogP contribution in [0.1, 0.15) is 52.9 Å². The standard InChI is InChI=1S/C15H25F3N2O3/c1-14(2,3)8-11(15(16,17)18)20-13(23)19-10-6-4-9(5-7-10)12(21)22/h9-11H,4-8H2,1-3H3,(H,21,22)(H2,19,20,23). The van der Waals surface area contributed by atoms with Crippen molar-refractivity contribution in [3.8, 4) is 0 Å². The summed E-state index contributed by atoms with van der Waals surface area (Å²) >= 11 is 0. The lowest BCUT2D eigenvalue weighted by atomic mass is 9.86. The van der Waals surface area contributed by atoms with E-state index in [-0.39, 0.29) is 12.5 Å². The number of carbonyl (C=O) groups is 2. The number of hydrogen-bond donors (Lipinski definition) is 3.